The highest BCUT2D eigenvalue weighted by atomic mass is 16.5. The molecule has 2 aromatic rings. The van der Waals surface area contributed by atoms with Crippen molar-refractivity contribution in [1.29, 1.82) is 0 Å². The van der Waals surface area contributed by atoms with Gasteiger partial charge < -0.3 is 9.84 Å². The van der Waals surface area contributed by atoms with E-state index in [1.165, 1.54) is 16.4 Å². The molecule has 116 valence electrons. The number of hydrogen-bond donors (Lipinski definition) is 1. The fraction of sp³-hybridized carbons (Fsp3) is 0.412. The van der Waals surface area contributed by atoms with Gasteiger partial charge in [0.25, 0.3) is 0 Å². The molecule has 0 saturated heterocycles. The standard InChI is InChI=1S/C17H20N2O3/c1-12-6-8-13(9-7-12)11-19-16(17(20)21)15(10-18-19)22-14-4-2-3-5-14/h6-10,14H,2-5,11H2,1H3,(H,20,21). The van der Waals surface area contributed by atoms with Gasteiger partial charge in [-0.05, 0) is 38.2 Å². The summed E-state index contributed by atoms with van der Waals surface area (Å²) in [6.07, 6.45) is 5.91. The Balaban J connectivity index is 1.82. The maximum absolute atomic E-state index is 11.6. The van der Waals surface area contributed by atoms with Crippen LogP contribution in [-0.4, -0.2) is 27.0 Å². The van der Waals surface area contributed by atoms with E-state index in [0.717, 1.165) is 31.2 Å². The molecule has 3 rings (SSSR count). The van der Waals surface area contributed by atoms with E-state index >= 15 is 0 Å². The highest BCUT2D eigenvalue weighted by Crippen LogP contribution is 2.27. The van der Waals surface area contributed by atoms with Crippen LogP contribution in [0.25, 0.3) is 0 Å². The van der Waals surface area contributed by atoms with E-state index in [0.29, 0.717) is 12.3 Å². The van der Waals surface area contributed by atoms with E-state index in [1.807, 2.05) is 31.2 Å². The number of hydrogen-bond acceptors (Lipinski definition) is 3. The molecule has 1 saturated carbocycles. The molecule has 1 aliphatic carbocycles. The number of aromatic nitrogens is 2. The van der Waals surface area contributed by atoms with Gasteiger partial charge in [-0.3, -0.25) is 4.68 Å². The van der Waals surface area contributed by atoms with Gasteiger partial charge in [-0.25, -0.2) is 4.79 Å². The van der Waals surface area contributed by atoms with Crippen LogP contribution in [0.5, 0.6) is 5.75 Å². The second-order valence-corrected chi connectivity index (χ2v) is 5.83. The van der Waals surface area contributed by atoms with E-state index in [9.17, 15) is 9.90 Å². The molecule has 1 aromatic heterocycles. The zero-order chi connectivity index (χ0) is 15.5. The fourth-order valence-corrected chi connectivity index (χ4v) is 2.84. The molecule has 1 aromatic carbocycles. The monoisotopic (exact) mass is 300 g/mol. The summed E-state index contributed by atoms with van der Waals surface area (Å²) in [6, 6.07) is 7.99. The first-order valence-electron chi connectivity index (χ1n) is 7.65. The van der Waals surface area contributed by atoms with Gasteiger partial charge in [0.15, 0.2) is 11.4 Å². The summed E-state index contributed by atoms with van der Waals surface area (Å²) in [5.74, 6) is -0.621. The lowest BCUT2D eigenvalue weighted by molar-refractivity contribution is 0.0676. The van der Waals surface area contributed by atoms with Gasteiger partial charge in [0.1, 0.15) is 0 Å². The van der Waals surface area contributed by atoms with E-state index in [-0.39, 0.29) is 11.8 Å². The molecule has 0 spiro atoms. The van der Waals surface area contributed by atoms with Gasteiger partial charge in [0, 0.05) is 0 Å². The number of ether oxygens (including phenoxy) is 1. The van der Waals surface area contributed by atoms with Crippen molar-refractivity contribution in [2.75, 3.05) is 0 Å². The summed E-state index contributed by atoms with van der Waals surface area (Å²) in [4.78, 5) is 11.6. The second kappa shape index (κ2) is 6.22. The Kier molecular flexibility index (Phi) is 4.13. The predicted octanol–water partition coefficient (Wildman–Crippen LogP) is 3.26. The van der Waals surface area contributed by atoms with Gasteiger partial charge in [0.2, 0.25) is 0 Å². The number of carbonyl (C=O) groups is 1. The van der Waals surface area contributed by atoms with E-state index in [4.69, 9.17) is 4.74 Å². The quantitative estimate of drug-likeness (QED) is 0.920. The molecule has 0 bridgehead atoms. The first-order valence-corrected chi connectivity index (χ1v) is 7.65. The Morgan fingerprint density at radius 2 is 2.00 bits per heavy atom. The first-order chi connectivity index (χ1) is 10.6. The average Bonchev–Trinajstić information content (AvgIpc) is 3.12. The van der Waals surface area contributed by atoms with Crippen molar-refractivity contribution >= 4 is 5.97 Å². The van der Waals surface area contributed by atoms with Crippen LogP contribution in [-0.2, 0) is 6.54 Å². The molecule has 22 heavy (non-hydrogen) atoms. The molecule has 5 nitrogen and oxygen atoms in total. The molecule has 1 fully saturated rings. The number of rotatable bonds is 5. The summed E-state index contributed by atoms with van der Waals surface area (Å²) in [5.41, 5.74) is 2.32. The molecule has 1 aliphatic rings. The topological polar surface area (TPSA) is 64.4 Å². The van der Waals surface area contributed by atoms with Crippen LogP contribution in [0, 0.1) is 6.92 Å². The van der Waals surface area contributed by atoms with Crippen LogP contribution < -0.4 is 4.74 Å². The van der Waals surface area contributed by atoms with E-state index < -0.39 is 5.97 Å². The molecule has 1 heterocycles. The largest absolute Gasteiger partial charge is 0.486 e. The third-order valence-corrected chi connectivity index (χ3v) is 4.06. The third-order valence-electron chi connectivity index (χ3n) is 4.06. The molecule has 0 aliphatic heterocycles. The van der Waals surface area contributed by atoms with Crippen LogP contribution in [0.15, 0.2) is 30.5 Å². The molecular formula is C17H20N2O3. The lowest BCUT2D eigenvalue weighted by atomic mass is 10.1. The number of aryl methyl sites for hydroxylation is 1. The minimum Gasteiger partial charge on any atom is -0.486 e. The van der Waals surface area contributed by atoms with Crippen LogP contribution in [0.1, 0.15) is 47.3 Å². The third kappa shape index (κ3) is 3.13. The van der Waals surface area contributed by atoms with Gasteiger partial charge in [-0.2, -0.15) is 5.10 Å². The molecule has 1 N–H and O–H groups in total. The fourth-order valence-electron chi connectivity index (χ4n) is 2.84. The average molecular weight is 300 g/mol. The Labute approximate surface area is 129 Å². The number of aromatic carboxylic acids is 1. The van der Waals surface area contributed by atoms with Crippen molar-refractivity contribution in [1.82, 2.24) is 9.78 Å². The summed E-state index contributed by atoms with van der Waals surface area (Å²) < 4.78 is 7.34. The van der Waals surface area contributed by atoms with Crippen molar-refractivity contribution in [3.05, 3.63) is 47.3 Å². The lowest BCUT2D eigenvalue weighted by Gasteiger charge is -2.12. The highest BCUT2D eigenvalue weighted by molar-refractivity contribution is 5.88. The Hall–Kier alpha value is -2.30. The van der Waals surface area contributed by atoms with E-state index in [1.54, 1.807) is 0 Å². The summed E-state index contributed by atoms with van der Waals surface area (Å²) in [5, 5.41) is 13.7. The van der Waals surface area contributed by atoms with Gasteiger partial charge >= 0.3 is 5.97 Å². The Morgan fingerprint density at radius 3 is 2.64 bits per heavy atom. The second-order valence-electron chi connectivity index (χ2n) is 5.83. The SMILES string of the molecule is Cc1ccc(Cn2ncc(OC3CCCC3)c2C(=O)O)cc1. The molecule has 0 radical (unpaired) electrons. The van der Waals surface area contributed by atoms with Crippen LogP contribution in [0.3, 0.4) is 0 Å². The lowest BCUT2D eigenvalue weighted by Crippen LogP contribution is -2.16. The molecule has 5 heteroatoms. The first kappa shape index (κ1) is 14.6. The van der Waals surface area contributed by atoms with Gasteiger partial charge in [0.05, 0.1) is 18.8 Å². The Bertz CT molecular complexity index is 655. The Morgan fingerprint density at radius 1 is 1.32 bits per heavy atom. The van der Waals surface area contributed by atoms with Crippen LogP contribution in [0.2, 0.25) is 0 Å². The van der Waals surface area contributed by atoms with Crippen LogP contribution >= 0.6 is 0 Å². The molecule has 0 atom stereocenters. The van der Waals surface area contributed by atoms with Crippen molar-refractivity contribution in [2.24, 2.45) is 0 Å². The van der Waals surface area contributed by atoms with Gasteiger partial charge in [-0.15, -0.1) is 0 Å². The highest BCUT2D eigenvalue weighted by Gasteiger charge is 2.24. The van der Waals surface area contributed by atoms with Gasteiger partial charge in [-0.1, -0.05) is 29.8 Å². The summed E-state index contributed by atoms with van der Waals surface area (Å²) in [6.45, 7) is 2.45. The summed E-state index contributed by atoms with van der Waals surface area (Å²) in [7, 11) is 0. The molecule has 0 amide bonds. The minimum absolute atomic E-state index is 0.120. The van der Waals surface area contributed by atoms with Crippen LogP contribution in [0.4, 0.5) is 0 Å². The van der Waals surface area contributed by atoms with Crippen molar-refractivity contribution < 1.29 is 14.6 Å². The number of nitrogens with zero attached hydrogens (tertiary/aromatic N) is 2. The zero-order valence-corrected chi connectivity index (χ0v) is 12.7. The number of carboxylic acid groups (broad SMARTS) is 1. The van der Waals surface area contributed by atoms with Crippen molar-refractivity contribution in [3.63, 3.8) is 0 Å². The maximum atomic E-state index is 11.6. The molecular weight excluding hydrogens is 280 g/mol. The maximum Gasteiger partial charge on any atom is 0.358 e. The van der Waals surface area contributed by atoms with E-state index in [2.05, 4.69) is 5.10 Å². The zero-order valence-electron chi connectivity index (χ0n) is 12.7. The summed E-state index contributed by atoms with van der Waals surface area (Å²) >= 11 is 0. The van der Waals surface area contributed by atoms with Crippen molar-refractivity contribution in [3.8, 4) is 5.75 Å². The molecule has 0 unspecified atom stereocenters. The predicted molar refractivity (Wildman–Crippen MR) is 82.4 cm³/mol. The normalized spacial score (nSPS) is 15.1. The number of benzene rings is 1. The smallest absolute Gasteiger partial charge is 0.358 e. The minimum atomic E-state index is -1.00. The van der Waals surface area contributed by atoms with Crippen molar-refractivity contribution in [2.45, 2.75) is 45.3 Å². The number of carboxylic acids is 1.